The maximum atomic E-state index is 7.40. The van der Waals surface area contributed by atoms with E-state index >= 15 is 0 Å². The highest BCUT2D eigenvalue weighted by atomic mass is 35.6. The topological polar surface area (TPSA) is 42.3 Å². The number of rotatable bonds is 7. The van der Waals surface area contributed by atoms with Gasteiger partial charge in [0.05, 0.1) is 13.2 Å². The molecule has 20 heavy (non-hydrogen) atoms. The highest BCUT2D eigenvalue weighted by Gasteiger charge is 2.28. The summed E-state index contributed by atoms with van der Waals surface area (Å²) in [6, 6.07) is 7.77. The van der Waals surface area contributed by atoms with Crippen molar-refractivity contribution in [1.29, 1.82) is 5.41 Å². The summed E-state index contributed by atoms with van der Waals surface area (Å²) in [5.41, 5.74) is 1.07. The molecule has 0 aromatic heterocycles. The van der Waals surface area contributed by atoms with Crippen LogP contribution >= 0.6 is 34.8 Å². The summed E-state index contributed by atoms with van der Waals surface area (Å²) in [5.74, 6) is 0.499. The van der Waals surface area contributed by atoms with Gasteiger partial charge in [-0.05, 0) is 24.1 Å². The predicted octanol–water partition coefficient (Wildman–Crippen LogP) is 4.77. The van der Waals surface area contributed by atoms with Crippen molar-refractivity contribution in [2.45, 2.75) is 30.0 Å². The van der Waals surface area contributed by atoms with E-state index in [1.807, 2.05) is 24.3 Å². The molecule has 0 fully saturated rings. The Morgan fingerprint density at radius 3 is 2.35 bits per heavy atom. The molecular formula is C14H18Cl3NO2. The highest BCUT2D eigenvalue weighted by Crippen LogP contribution is 2.27. The molecule has 6 heteroatoms. The van der Waals surface area contributed by atoms with E-state index < -0.39 is 3.79 Å². The number of ether oxygens (including phenoxy) is 2. The first-order valence-corrected chi connectivity index (χ1v) is 7.57. The van der Waals surface area contributed by atoms with Crippen LogP contribution in [-0.2, 0) is 11.2 Å². The Labute approximate surface area is 134 Å². The van der Waals surface area contributed by atoms with Crippen molar-refractivity contribution in [3.63, 3.8) is 0 Å². The summed E-state index contributed by atoms with van der Waals surface area (Å²) in [5, 5.41) is 7.40. The minimum absolute atomic E-state index is 0.294. The molecule has 0 aliphatic rings. The first kappa shape index (κ1) is 17.4. The van der Waals surface area contributed by atoms with Crippen molar-refractivity contribution in [3.05, 3.63) is 29.8 Å². The van der Waals surface area contributed by atoms with Gasteiger partial charge in [0.1, 0.15) is 5.75 Å². The average Bonchev–Trinajstić information content (AvgIpc) is 2.39. The molecule has 0 aliphatic carbocycles. The molecule has 0 spiro atoms. The van der Waals surface area contributed by atoms with Crippen LogP contribution < -0.4 is 4.74 Å². The molecule has 0 amide bonds. The Balaban J connectivity index is 2.33. The second-order valence-electron chi connectivity index (χ2n) is 4.27. The fraction of sp³-hybridized carbons (Fsp3) is 0.500. The molecule has 1 rings (SSSR count). The number of halogens is 3. The molecule has 0 heterocycles. The quantitative estimate of drug-likeness (QED) is 0.337. The van der Waals surface area contributed by atoms with Crippen molar-refractivity contribution in [2.75, 3.05) is 13.2 Å². The zero-order chi connectivity index (χ0) is 15.0. The summed E-state index contributed by atoms with van der Waals surface area (Å²) in [6.07, 6.45) is 2.80. The zero-order valence-electron chi connectivity index (χ0n) is 11.3. The minimum atomic E-state index is -1.79. The van der Waals surface area contributed by atoms with Gasteiger partial charge in [0.2, 0.25) is 5.90 Å². The number of alkyl halides is 3. The van der Waals surface area contributed by atoms with Crippen molar-refractivity contribution < 1.29 is 9.47 Å². The molecule has 0 unspecified atom stereocenters. The van der Waals surface area contributed by atoms with Crippen LogP contribution in [0.5, 0.6) is 5.75 Å². The molecule has 3 nitrogen and oxygen atoms in total. The van der Waals surface area contributed by atoms with Crippen LogP contribution in [0.1, 0.15) is 25.3 Å². The molecule has 1 aromatic rings. The van der Waals surface area contributed by atoms with E-state index in [9.17, 15) is 0 Å². The van der Waals surface area contributed by atoms with Crippen LogP contribution in [0.25, 0.3) is 0 Å². The van der Waals surface area contributed by atoms with E-state index in [0.29, 0.717) is 13.0 Å². The lowest BCUT2D eigenvalue weighted by Crippen LogP contribution is -2.22. The molecule has 1 N–H and O–H groups in total. The Morgan fingerprint density at radius 1 is 1.15 bits per heavy atom. The summed E-state index contributed by atoms with van der Waals surface area (Å²) < 4.78 is 8.85. The van der Waals surface area contributed by atoms with Gasteiger partial charge in [-0.25, -0.2) is 0 Å². The summed E-state index contributed by atoms with van der Waals surface area (Å²) >= 11 is 16.5. The third kappa shape index (κ3) is 6.69. The third-order valence-electron chi connectivity index (χ3n) is 2.58. The van der Waals surface area contributed by atoms with Crippen molar-refractivity contribution in [2.24, 2.45) is 0 Å². The molecule has 0 saturated carbocycles. The lowest BCUT2D eigenvalue weighted by atomic mass is 10.1. The summed E-state index contributed by atoms with van der Waals surface area (Å²) in [7, 11) is 0. The third-order valence-corrected chi connectivity index (χ3v) is 3.10. The SMILES string of the molecule is CCCCOc1ccc(CCOC(=N)C(Cl)(Cl)Cl)cc1. The molecule has 0 atom stereocenters. The number of unbranched alkanes of at least 4 members (excludes halogenated alkanes) is 1. The van der Waals surface area contributed by atoms with E-state index in [1.165, 1.54) is 0 Å². The highest BCUT2D eigenvalue weighted by molar-refractivity contribution is 6.76. The molecule has 0 saturated heterocycles. The van der Waals surface area contributed by atoms with Crippen LogP contribution in [0, 0.1) is 5.41 Å². The van der Waals surface area contributed by atoms with Gasteiger partial charge in [-0.2, -0.15) is 0 Å². The first-order chi connectivity index (χ1) is 9.43. The number of benzene rings is 1. The Bertz CT molecular complexity index is 415. The lowest BCUT2D eigenvalue weighted by Gasteiger charge is -2.13. The zero-order valence-corrected chi connectivity index (χ0v) is 13.6. The van der Waals surface area contributed by atoms with Gasteiger partial charge >= 0.3 is 0 Å². The monoisotopic (exact) mass is 337 g/mol. The summed E-state index contributed by atoms with van der Waals surface area (Å²) in [4.78, 5) is 0. The second kappa shape index (κ2) is 8.60. The van der Waals surface area contributed by atoms with Crippen LogP contribution in [0.2, 0.25) is 0 Å². The van der Waals surface area contributed by atoms with E-state index in [4.69, 9.17) is 49.7 Å². The molecule has 0 aliphatic heterocycles. The molecular weight excluding hydrogens is 321 g/mol. The standard InChI is InChI=1S/C14H18Cl3NO2/c1-2-3-9-19-12-6-4-11(5-7-12)8-10-20-13(18)14(15,16)17/h4-7,18H,2-3,8-10H2,1H3. The van der Waals surface area contributed by atoms with Crippen LogP contribution in [0.4, 0.5) is 0 Å². The van der Waals surface area contributed by atoms with Gasteiger partial charge < -0.3 is 9.47 Å². The smallest absolute Gasteiger partial charge is 0.265 e. The fourth-order valence-electron chi connectivity index (χ4n) is 1.44. The van der Waals surface area contributed by atoms with E-state index in [1.54, 1.807) is 0 Å². The van der Waals surface area contributed by atoms with Gasteiger partial charge in [-0.1, -0.05) is 60.3 Å². The maximum Gasteiger partial charge on any atom is 0.265 e. The lowest BCUT2D eigenvalue weighted by molar-refractivity contribution is 0.299. The average molecular weight is 339 g/mol. The molecule has 112 valence electrons. The van der Waals surface area contributed by atoms with Gasteiger partial charge in [-0.3, -0.25) is 5.41 Å². The van der Waals surface area contributed by atoms with E-state index in [2.05, 4.69) is 6.92 Å². The molecule has 0 radical (unpaired) electrons. The van der Waals surface area contributed by atoms with Gasteiger partial charge in [-0.15, -0.1) is 0 Å². The van der Waals surface area contributed by atoms with Gasteiger partial charge in [0, 0.05) is 6.42 Å². The largest absolute Gasteiger partial charge is 0.494 e. The van der Waals surface area contributed by atoms with Crippen LogP contribution in [0.3, 0.4) is 0 Å². The van der Waals surface area contributed by atoms with Gasteiger partial charge in [0.15, 0.2) is 0 Å². The Kier molecular flexibility index (Phi) is 7.49. The predicted molar refractivity (Wildman–Crippen MR) is 84.5 cm³/mol. The summed E-state index contributed by atoms with van der Waals surface area (Å²) in [6.45, 7) is 3.16. The van der Waals surface area contributed by atoms with E-state index in [-0.39, 0.29) is 5.90 Å². The second-order valence-corrected chi connectivity index (χ2v) is 6.55. The number of nitrogens with one attached hydrogen (secondary N) is 1. The van der Waals surface area contributed by atoms with Crippen molar-refractivity contribution in [3.8, 4) is 5.75 Å². The van der Waals surface area contributed by atoms with Crippen molar-refractivity contribution in [1.82, 2.24) is 0 Å². The Morgan fingerprint density at radius 2 is 1.80 bits per heavy atom. The van der Waals surface area contributed by atoms with Crippen LogP contribution in [-0.4, -0.2) is 22.9 Å². The Hall–Kier alpha value is -0.640. The number of hydrogen-bond donors (Lipinski definition) is 1. The molecule has 1 aromatic carbocycles. The first-order valence-electron chi connectivity index (χ1n) is 6.43. The number of hydrogen-bond acceptors (Lipinski definition) is 3. The minimum Gasteiger partial charge on any atom is -0.494 e. The fourth-order valence-corrected chi connectivity index (χ4v) is 1.60. The normalized spacial score (nSPS) is 11.2. The van der Waals surface area contributed by atoms with Gasteiger partial charge in [0.25, 0.3) is 3.79 Å². The van der Waals surface area contributed by atoms with E-state index in [0.717, 1.165) is 30.8 Å². The van der Waals surface area contributed by atoms with Crippen molar-refractivity contribution >= 4 is 40.7 Å². The van der Waals surface area contributed by atoms with Crippen LogP contribution in [0.15, 0.2) is 24.3 Å². The maximum absolute atomic E-state index is 7.40. The molecule has 0 bridgehead atoms.